The molecule has 0 N–H and O–H groups in total. The molecule has 0 aliphatic carbocycles. The molecular formula is C9H10INO2S. The fourth-order valence-electron chi connectivity index (χ4n) is 1.30. The molecule has 2 rings (SSSR count). The molecule has 0 saturated carbocycles. The molecule has 1 aliphatic rings. The van der Waals surface area contributed by atoms with Crippen molar-refractivity contribution in [3.8, 4) is 0 Å². The number of rotatable bonds is 1. The summed E-state index contributed by atoms with van der Waals surface area (Å²) < 4.78 is 1.05. The van der Waals surface area contributed by atoms with E-state index in [4.69, 9.17) is 4.84 Å². The zero-order valence-electron chi connectivity index (χ0n) is 7.75. The second kappa shape index (κ2) is 4.16. The highest BCUT2D eigenvalue weighted by molar-refractivity contribution is 14.1. The maximum Gasteiger partial charge on any atom is 0.288 e. The maximum absolute atomic E-state index is 11.9. The van der Waals surface area contributed by atoms with Crippen molar-refractivity contribution in [2.45, 2.75) is 13.3 Å². The van der Waals surface area contributed by atoms with E-state index >= 15 is 0 Å². The number of carbonyl (C=O) groups is 1. The highest BCUT2D eigenvalue weighted by Gasteiger charge is 2.24. The van der Waals surface area contributed by atoms with E-state index in [0.29, 0.717) is 13.2 Å². The van der Waals surface area contributed by atoms with Gasteiger partial charge in [0.2, 0.25) is 0 Å². The van der Waals surface area contributed by atoms with Gasteiger partial charge in [-0.05, 0) is 46.9 Å². The molecule has 0 spiro atoms. The molecule has 1 amide bonds. The lowest BCUT2D eigenvalue weighted by atomic mass is 10.3. The Balaban J connectivity index is 2.22. The third-order valence-corrected chi connectivity index (χ3v) is 4.91. The number of carbonyl (C=O) groups excluding carboxylic acids is 1. The van der Waals surface area contributed by atoms with E-state index in [2.05, 4.69) is 22.6 Å². The quantitative estimate of drug-likeness (QED) is 0.743. The second-order valence-corrected chi connectivity index (χ2v) is 5.11. The number of amides is 1. The lowest BCUT2D eigenvalue weighted by Crippen LogP contribution is -2.26. The number of hydrogen-bond donors (Lipinski definition) is 0. The number of hydrogen-bond acceptors (Lipinski definition) is 3. The summed E-state index contributed by atoms with van der Waals surface area (Å²) in [5.41, 5.74) is 1.16. The van der Waals surface area contributed by atoms with Crippen LogP contribution >= 0.6 is 33.9 Å². The minimum Gasteiger partial charge on any atom is -0.271 e. The van der Waals surface area contributed by atoms with Crippen LogP contribution in [0.4, 0.5) is 0 Å². The molecule has 2 heterocycles. The van der Waals surface area contributed by atoms with E-state index in [-0.39, 0.29) is 5.91 Å². The first-order valence-corrected chi connectivity index (χ1v) is 6.34. The van der Waals surface area contributed by atoms with Crippen molar-refractivity contribution in [2.75, 3.05) is 13.2 Å². The molecule has 5 heteroatoms. The molecular weight excluding hydrogens is 313 g/mol. The fourth-order valence-corrected chi connectivity index (χ4v) is 3.15. The van der Waals surface area contributed by atoms with Gasteiger partial charge >= 0.3 is 0 Å². The maximum atomic E-state index is 11.9. The van der Waals surface area contributed by atoms with Gasteiger partial charge in [-0.15, -0.1) is 11.3 Å². The molecule has 1 aromatic heterocycles. The van der Waals surface area contributed by atoms with Gasteiger partial charge in [0.05, 0.1) is 13.2 Å². The first-order chi connectivity index (χ1) is 6.70. The highest BCUT2D eigenvalue weighted by Crippen LogP contribution is 2.26. The van der Waals surface area contributed by atoms with Gasteiger partial charge in [0.15, 0.2) is 0 Å². The molecule has 76 valence electrons. The predicted octanol–water partition coefficient (Wildman–Crippen LogP) is 2.44. The van der Waals surface area contributed by atoms with E-state index in [1.807, 2.05) is 12.3 Å². The van der Waals surface area contributed by atoms with Crippen LogP contribution in [0.25, 0.3) is 0 Å². The molecule has 1 aromatic rings. The Labute approximate surface area is 100 Å². The van der Waals surface area contributed by atoms with Crippen molar-refractivity contribution in [2.24, 2.45) is 0 Å². The number of thiophene rings is 1. The zero-order chi connectivity index (χ0) is 10.1. The monoisotopic (exact) mass is 323 g/mol. The first-order valence-electron chi connectivity index (χ1n) is 4.38. The normalized spacial score (nSPS) is 16.3. The SMILES string of the molecule is Cc1csc(C(=O)N2CCCO2)c1I. The summed E-state index contributed by atoms with van der Waals surface area (Å²) in [5.74, 6) is 0.00463. The Morgan fingerprint density at radius 1 is 1.71 bits per heavy atom. The van der Waals surface area contributed by atoms with Gasteiger partial charge in [0, 0.05) is 3.57 Å². The van der Waals surface area contributed by atoms with Crippen molar-refractivity contribution < 1.29 is 9.63 Å². The van der Waals surface area contributed by atoms with Crippen molar-refractivity contribution in [3.05, 3.63) is 19.4 Å². The predicted molar refractivity (Wildman–Crippen MR) is 63.4 cm³/mol. The Hall–Kier alpha value is -0.140. The van der Waals surface area contributed by atoms with Crippen LogP contribution in [0.5, 0.6) is 0 Å². The largest absolute Gasteiger partial charge is 0.288 e. The van der Waals surface area contributed by atoms with E-state index in [0.717, 1.165) is 20.4 Å². The van der Waals surface area contributed by atoms with Crippen molar-refractivity contribution >= 4 is 39.8 Å². The van der Waals surface area contributed by atoms with Gasteiger partial charge in [0.1, 0.15) is 4.88 Å². The Kier molecular flexibility index (Phi) is 3.08. The molecule has 3 nitrogen and oxygen atoms in total. The number of hydroxylamine groups is 2. The minimum atomic E-state index is 0.00463. The summed E-state index contributed by atoms with van der Waals surface area (Å²) in [4.78, 5) is 17.9. The molecule has 1 saturated heterocycles. The van der Waals surface area contributed by atoms with Crippen LogP contribution in [0.3, 0.4) is 0 Å². The summed E-state index contributed by atoms with van der Waals surface area (Å²) >= 11 is 3.70. The summed E-state index contributed by atoms with van der Waals surface area (Å²) in [7, 11) is 0. The summed E-state index contributed by atoms with van der Waals surface area (Å²) in [5, 5.41) is 3.47. The van der Waals surface area contributed by atoms with Gasteiger partial charge < -0.3 is 0 Å². The van der Waals surface area contributed by atoms with Crippen molar-refractivity contribution in [1.82, 2.24) is 5.06 Å². The minimum absolute atomic E-state index is 0.00463. The van der Waals surface area contributed by atoms with E-state index in [1.54, 1.807) is 0 Å². The summed E-state index contributed by atoms with van der Waals surface area (Å²) in [6.07, 6.45) is 0.937. The molecule has 0 bridgehead atoms. The number of nitrogens with zero attached hydrogens (tertiary/aromatic N) is 1. The van der Waals surface area contributed by atoms with Gasteiger partial charge in [-0.3, -0.25) is 9.63 Å². The lowest BCUT2D eigenvalue weighted by Gasteiger charge is -2.12. The molecule has 1 aliphatic heterocycles. The third kappa shape index (κ3) is 1.80. The average molecular weight is 323 g/mol. The van der Waals surface area contributed by atoms with Crippen LogP contribution in [0.15, 0.2) is 5.38 Å². The second-order valence-electron chi connectivity index (χ2n) is 3.16. The Bertz CT molecular complexity index is 358. The standard InChI is InChI=1S/C9H10INO2S/c1-6-5-14-8(7(6)10)9(12)11-3-2-4-13-11/h5H,2-4H2,1H3. The van der Waals surface area contributed by atoms with E-state index < -0.39 is 0 Å². The fraction of sp³-hybridized carbons (Fsp3) is 0.444. The molecule has 0 aromatic carbocycles. The van der Waals surface area contributed by atoms with Gasteiger partial charge in [-0.25, -0.2) is 5.06 Å². The molecule has 1 fully saturated rings. The summed E-state index contributed by atoms with van der Waals surface area (Å²) in [6.45, 7) is 3.39. The highest BCUT2D eigenvalue weighted by atomic mass is 127. The third-order valence-electron chi connectivity index (χ3n) is 2.07. The average Bonchev–Trinajstić information content (AvgIpc) is 2.77. The Morgan fingerprint density at radius 2 is 2.50 bits per heavy atom. The van der Waals surface area contributed by atoms with Crippen molar-refractivity contribution in [1.29, 1.82) is 0 Å². The molecule has 0 atom stereocenters. The molecule has 14 heavy (non-hydrogen) atoms. The number of aryl methyl sites for hydroxylation is 1. The number of halogens is 1. The van der Waals surface area contributed by atoms with Crippen LogP contribution < -0.4 is 0 Å². The van der Waals surface area contributed by atoms with Gasteiger partial charge in [-0.1, -0.05) is 0 Å². The Morgan fingerprint density at radius 3 is 3.00 bits per heavy atom. The summed E-state index contributed by atoms with van der Waals surface area (Å²) in [6, 6.07) is 0. The van der Waals surface area contributed by atoms with E-state index in [1.165, 1.54) is 16.4 Å². The van der Waals surface area contributed by atoms with Crippen molar-refractivity contribution in [3.63, 3.8) is 0 Å². The molecule has 0 unspecified atom stereocenters. The smallest absolute Gasteiger partial charge is 0.271 e. The van der Waals surface area contributed by atoms with Crippen LogP contribution in [0.1, 0.15) is 21.7 Å². The van der Waals surface area contributed by atoms with E-state index in [9.17, 15) is 4.79 Å². The van der Waals surface area contributed by atoms with Crippen LogP contribution in [0.2, 0.25) is 0 Å². The van der Waals surface area contributed by atoms with Crippen LogP contribution in [-0.4, -0.2) is 24.1 Å². The molecule has 0 radical (unpaired) electrons. The first kappa shape index (κ1) is 10.4. The lowest BCUT2D eigenvalue weighted by molar-refractivity contribution is -0.0765. The van der Waals surface area contributed by atoms with Crippen LogP contribution in [-0.2, 0) is 4.84 Å². The van der Waals surface area contributed by atoms with Gasteiger partial charge in [0.25, 0.3) is 5.91 Å². The van der Waals surface area contributed by atoms with Crippen LogP contribution in [0, 0.1) is 10.5 Å². The zero-order valence-corrected chi connectivity index (χ0v) is 10.7. The topological polar surface area (TPSA) is 29.5 Å². The van der Waals surface area contributed by atoms with Gasteiger partial charge in [-0.2, -0.15) is 0 Å².